The first-order valence-electron chi connectivity index (χ1n) is 4.95. The zero-order valence-electron chi connectivity index (χ0n) is 9.17. The summed E-state index contributed by atoms with van der Waals surface area (Å²) < 4.78 is 0. The van der Waals surface area contributed by atoms with Gasteiger partial charge >= 0.3 is 0 Å². The fourth-order valence-electron chi connectivity index (χ4n) is 1.01. The molecule has 0 aliphatic heterocycles. The molecule has 0 saturated carbocycles. The van der Waals surface area contributed by atoms with E-state index in [1.807, 2.05) is 30.3 Å². The second-order valence-corrected chi connectivity index (χ2v) is 3.14. The van der Waals surface area contributed by atoms with Gasteiger partial charge in [-0.05, 0) is 5.56 Å². The summed E-state index contributed by atoms with van der Waals surface area (Å²) in [5.74, 6) is 0. The van der Waals surface area contributed by atoms with E-state index >= 15 is 0 Å². The van der Waals surface area contributed by atoms with Crippen LogP contribution in [0.4, 0.5) is 0 Å². The third kappa shape index (κ3) is 5.79. The first-order chi connectivity index (χ1) is 7.83. The summed E-state index contributed by atoms with van der Waals surface area (Å²) in [5, 5.41) is 9.27. The van der Waals surface area contributed by atoms with Crippen molar-refractivity contribution in [2.24, 2.45) is 0 Å². The lowest BCUT2D eigenvalue weighted by Crippen LogP contribution is -2.21. The van der Waals surface area contributed by atoms with Gasteiger partial charge in [0.1, 0.15) is 25.9 Å². The maximum absolute atomic E-state index is 9.27. The number of aliphatic hydroxyl groups excluding tert-OH is 1. The Hall–Kier alpha value is -0.980. The molecule has 5 heteroatoms. The molecule has 0 aliphatic rings. The van der Waals surface area contributed by atoms with Crippen LogP contribution >= 0.6 is 0 Å². The molecular weight excluding hydrogens is 212 g/mol. The summed E-state index contributed by atoms with van der Waals surface area (Å²) in [6.07, 6.45) is -0.768. The Morgan fingerprint density at radius 2 is 1.75 bits per heavy atom. The molecule has 0 fully saturated rings. The fourth-order valence-corrected chi connectivity index (χ4v) is 1.01. The summed E-state index contributed by atoms with van der Waals surface area (Å²) in [7, 11) is 1.37. The van der Waals surface area contributed by atoms with Crippen LogP contribution < -0.4 is 0 Å². The molecule has 0 unspecified atom stereocenters. The van der Waals surface area contributed by atoms with E-state index < -0.39 is 6.10 Å². The Morgan fingerprint density at radius 3 is 2.44 bits per heavy atom. The normalized spacial score (nSPS) is 12.6. The maximum Gasteiger partial charge on any atom is 0.111 e. The molecule has 0 bridgehead atoms. The average Bonchev–Trinajstić information content (AvgIpc) is 2.33. The molecule has 1 atom stereocenters. The van der Waals surface area contributed by atoms with E-state index in [-0.39, 0.29) is 13.2 Å². The standard InChI is InChI=1S/C11H16O5/c1-13-14-8-11(12)9-16-15-7-10-5-3-2-4-6-10/h2-6,11-12H,7-9H2,1H3/t11-/m0/s1. The molecular formula is C11H16O5. The van der Waals surface area contributed by atoms with Crippen molar-refractivity contribution in [3.63, 3.8) is 0 Å². The molecule has 0 radical (unpaired) electrons. The summed E-state index contributed by atoms with van der Waals surface area (Å²) in [5.41, 5.74) is 1.00. The van der Waals surface area contributed by atoms with Gasteiger partial charge in [0, 0.05) is 0 Å². The second kappa shape index (κ2) is 8.20. The molecule has 0 heterocycles. The van der Waals surface area contributed by atoms with Gasteiger partial charge in [-0.1, -0.05) is 30.3 Å². The third-order valence-corrected chi connectivity index (χ3v) is 1.79. The van der Waals surface area contributed by atoms with Crippen molar-refractivity contribution in [2.75, 3.05) is 20.3 Å². The van der Waals surface area contributed by atoms with Crippen molar-refractivity contribution in [2.45, 2.75) is 12.7 Å². The van der Waals surface area contributed by atoms with E-state index in [4.69, 9.17) is 9.78 Å². The van der Waals surface area contributed by atoms with E-state index in [1.54, 1.807) is 0 Å². The zero-order chi connectivity index (χ0) is 11.6. The Labute approximate surface area is 94.4 Å². The molecule has 1 aromatic carbocycles. The third-order valence-electron chi connectivity index (χ3n) is 1.79. The van der Waals surface area contributed by atoms with E-state index in [9.17, 15) is 5.11 Å². The lowest BCUT2D eigenvalue weighted by Gasteiger charge is -2.09. The summed E-state index contributed by atoms with van der Waals surface area (Å²) in [6, 6.07) is 9.61. The van der Waals surface area contributed by atoms with Crippen molar-refractivity contribution >= 4 is 0 Å². The molecule has 90 valence electrons. The van der Waals surface area contributed by atoms with Crippen LogP contribution in [0.3, 0.4) is 0 Å². The molecule has 0 saturated heterocycles. The van der Waals surface area contributed by atoms with Gasteiger partial charge in [0.2, 0.25) is 0 Å². The highest BCUT2D eigenvalue weighted by Crippen LogP contribution is 2.01. The zero-order valence-corrected chi connectivity index (χ0v) is 9.17. The van der Waals surface area contributed by atoms with Crippen molar-refractivity contribution in [1.82, 2.24) is 0 Å². The SMILES string of the molecule is COOC[C@H](O)COOCc1ccccc1. The van der Waals surface area contributed by atoms with Crippen LogP contribution in [0.2, 0.25) is 0 Å². The van der Waals surface area contributed by atoms with Crippen molar-refractivity contribution in [3.8, 4) is 0 Å². The highest BCUT2D eigenvalue weighted by molar-refractivity contribution is 5.13. The lowest BCUT2D eigenvalue weighted by atomic mass is 10.2. The van der Waals surface area contributed by atoms with Gasteiger partial charge in [-0.3, -0.25) is 0 Å². The summed E-state index contributed by atoms with van der Waals surface area (Å²) in [4.78, 5) is 18.6. The number of rotatable bonds is 8. The number of hydrogen-bond donors (Lipinski definition) is 1. The van der Waals surface area contributed by atoms with Gasteiger partial charge in [0.15, 0.2) is 0 Å². The monoisotopic (exact) mass is 228 g/mol. The van der Waals surface area contributed by atoms with Gasteiger partial charge in [-0.15, -0.1) is 0 Å². The largest absolute Gasteiger partial charge is 0.388 e. The van der Waals surface area contributed by atoms with Gasteiger partial charge < -0.3 is 5.11 Å². The fraction of sp³-hybridized carbons (Fsp3) is 0.455. The average molecular weight is 228 g/mol. The van der Waals surface area contributed by atoms with Crippen LogP contribution in [0, 0.1) is 0 Å². The van der Waals surface area contributed by atoms with Crippen molar-refractivity contribution in [1.29, 1.82) is 0 Å². The van der Waals surface area contributed by atoms with Crippen LogP contribution in [0.25, 0.3) is 0 Å². The van der Waals surface area contributed by atoms with Crippen LogP contribution in [-0.4, -0.2) is 31.5 Å². The molecule has 0 amide bonds. The maximum atomic E-state index is 9.27. The van der Waals surface area contributed by atoms with Crippen LogP contribution in [0.15, 0.2) is 30.3 Å². The molecule has 0 spiro atoms. The van der Waals surface area contributed by atoms with Gasteiger partial charge in [0.05, 0.1) is 7.11 Å². The molecule has 16 heavy (non-hydrogen) atoms. The van der Waals surface area contributed by atoms with Crippen molar-refractivity contribution < 1.29 is 24.7 Å². The lowest BCUT2D eigenvalue weighted by molar-refractivity contribution is -0.330. The number of aliphatic hydroxyl groups is 1. The Kier molecular flexibility index (Phi) is 6.71. The molecule has 5 nitrogen and oxygen atoms in total. The molecule has 0 aliphatic carbocycles. The second-order valence-electron chi connectivity index (χ2n) is 3.14. The first kappa shape index (κ1) is 13.1. The molecule has 1 rings (SSSR count). The summed E-state index contributed by atoms with van der Waals surface area (Å²) >= 11 is 0. The minimum atomic E-state index is -0.768. The molecule has 1 N–H and O–H groups in total. The van der Waals surface area contributed by atoms with E-state index in [1.165, 1.54) is 7.11 Å². The smallest absolute Gasteiger partial charge is 0.111 e. The van der Waals surface area contributed by atoms with E-state index in [0.717, 1.165) is 5.56 Å². The minimum absolute atomic E-state index is 0.0379. The molecule has 0 aromatic heterocycles. The van der Waals surface area contributed by atoms with E-state index in [0.29, 0.717) is 6.61 Å². The summed E-state index contributed by atoms with van der Waals surface area (Å²) in [6.45, 7) is 0.431. The number of hydrogen-bond acceptors (Lipinski definition) is 5. The van der Waals surface area contributed by atoms with Gasteiger partial charge in [-0.2, -0.15) is 0 Å². The Morgan fingerprint density at radius 1 is 1.06 bits per heavy atom. The van der Waals surface area contributed by atoms with Gasteiger partial charge in [0.25, 0.3) is 0 Å². The first-order valence-corrected chi connectivity index (χ1v) is 4.95. The Bertz CT molecular complexity index is 264. The number of benzene rings is 1. The van der Waals surface area contributed by atoms with Crippen LogP contribution in [-0.2, 0) is 26.2 Å². The van der Waals surface area contributed by atoms with Crippen LogP contribution in [0.5, 0.6) is 0 Å². The highest BCUT2D eigenvalue weighted by atomic mass is 17.2. The predicted octanol–water partition coefficient (Wildman–Crippen LogP) is 1.07. The predicted molar refractivity (Wildman–Crippen MR) is 56.2 cm³/mol. The van der Waals surface area contributed by atoms with Crippen LogP contribution in [0.1, 0.15) is 5.56 Å². The minimum Gasteiger partial charge on any atom is -0.388 e. The topological polar surface area (TPSA) is 57.2 Å². The quantitative estimate of drug-likeness (QED) is 0.410. The van der Waals surface area contributed by atoms with Gasteiger partial charge in [-0.25, -0.2) is 19.6 Å². The molecule has 1 aromatic rings. The highest BCUT2D eigenvalue weighted by Gasteiger charge is 2.05. The van der Waals surface area contributed by atoms with Crippen molar-refractivity contribution in [3.05, 3.63) is 35.9 Å². The van der Waals surface area contributed by atoms with E-state index in [2.05, 4.69) is 9.78 Å². The Balaban J connectivity index is 2.03.